The third-order valence-electron chi connectivity index (χ3n) is 3.07. The Morgan fingerprint density at radius 2 is 2.10 bits per heavy atom. The quantitative estimate of drug-likeness (QED) is 0.703. The molecule has 98 valence electrons. The van der Waals surface area contributed by atoms with Crippen LogP contribution < -0.4 is 0 Å². The Morgan fingerprint density at radius 3 is 2.90 bits per heavy atom. The zero-order chi connectivity index (χ0) is 13.8. The molecule has 0 bridgehead atoms. The molecule has 0 unspecified atom stereocenters. The number of aryl methyl sites for hydroxylation is 1. The van der Waals surface area contributed by atoms with Crippen LogP contribution in [-0.4, -0.2) is 9.97 Å². The lowest BCUT2D eigenvalue weighted by molar-refractivity contribution is 0.640. The van der Waals surface area contributed by atoms with Crippen molar-refractivity contribution in [2.24, 2.45) is 0 Å². The average molecular weight is 264 g/mol. The lowest BCUT2D eigenvalue weighted by atomic mass is 10.2. The van der Waals surface area contributed by atoms with Crippen LogP contribution >= 0.6 is 0 Å². The summed E-state index contributed by atoms with van der Waals surface area (Å²) >= 11 is 0. The molecule has 2 nitrogen and oxygen atoms in total. The van der Waals surface area contributed by atoms with Crippen LogP contribution in [0.15, 0.2) is 48.7 Å². The van der Waals surface area contributed by atoms with Gasteiger partial charge in [-0.1, -0.05) is 18.1 Å². The smallest absolute Gasteiger partial charge is 0.132 e. The molecule has 20 heavy (non-hydrogen) atoms. The molecule has 0 fully saturated rings. The molecular formula is C17H13FN2. The molecule has 2 heterocycles. The molecule has 0 saturated heterocycles. The largest absolute Gasteiger partial charge is 0.358 e. The number of rotatable bonds is 2. The first-order chi connectivity index (χ1) is 9.83. The molecule has 0 atom stereocenters. The van der Waals surface area contributed by atoms with Gasteiger partial charge in [0.25, 0.3) is 0 Å². The van der Waals surface area contributed by atoms with Crippen molar-refractivity contribution < 1.29 is 4.39 Å². The van der Waals surface area contributed by atoms with Crippen molar-refractivity contribution >= 4 is 10.9 Å². The molecule has 0 aliphatic carbocycles. The molecule has 1 N–H and O–H groups in total. The minimum atomic E-state index is -0.190. The molecule has 0 aliphatic rings. The summed E-state index contributed by atoms with van der Waals surface area (Å²) in [6.45, 7) is 0. The van der Waals surface area contributed by atoms with Gasteiger partial charge in [0.05, 0.1) is 0 Å². The predicted molar refractivity (Wildman–Crippen MR) is 77.7 cm³/mol. The SMILES string of the molecule is Fc1cccc2[nH]c(CCC#Cc3ccccn3)cc12. The van der Waals surface area contributed by atoms with E-state index in [0.29, 0.717) is 11.8 Å². The highest BCUT2D eigenvalue weighted by atomic mass is 19.1. The van der Waals surface area contributed by atoms with Gasteiger partial charge in [-0.05, 0) is 42.7 Å². The first-order valence-corrected chi connectivity index (χ1v) is 6.49. The summed E-state index contributed by atoms with van der Waals surface area (Å²) in [7, 11) is 0. The van der Waals surface area contributed by atoms with Gasteiger partial charge in [-0.2, -0.15) is 0 Å². The van der Waals surface area contributed by atoms with Gasteiger partial charge in [-0.25, -0.2) is 9.37 Å². The van der Waals surface area contributed by atoms with E-state index in [0.717, 1.165) is 23.3 Å². The Kier molecular flexibility index (Phi) is 3.47. The molecule has 3 aromatic rings. The molecule has 0 saturated carbocycles. The Labute approximate surface area is 116 Å². The van der Waals surface area contributed by atoms with E-state index in [1.54, 1.807) is 12.3 Å². The van der Waals surface area contributed by atoms with Gasteiger partial charge in [0.1, 0.15) is 11.5 Å². The van der Waals surface area contributed by atoms with E-state index >= 15 is 0 Å². The molecule has 0 spiro atoms. The fourth-order valence-corrected chi connectivity index (χ4v) is 2.10. The highest BCUT2D eigenvalue weighted by molar-refractivity contribution is 5.80. The van der Waals surface area contributed by atoms with Crippen molar-refractivity contribution in [2.45, 2.75) is 12.8 Å². The van der Waals surface area contributed by atoms with E-state index < -0.39 is 0 Å². The van der Waals surface area contributed by atoms with Gasteiger partial charge in [-0.15, -0.1) is 0 Å². The van der Waals surface area contributed by atoms with E-state index in [1.807, 2.05) is 30.3 Å². The van der Waals surface area contributed by atoms with Crippen LogP contribution in [0.25, 0.3) is 10.9 Å². The fourth-order valence-electron chi connectivity index (χ4n) is 2.10. The first-order valence-electron chi connectivity index (χ1n) is 6.49. The Balaban J connectivity index is 1.69. The third kappa shape index (κ3) is 2.70. The zero-order valence-corrected chi connectivity index (χ0v) is 10.9. The molecule has 0 amide bonds. The highest BCUT2D eigenvalue weighted by Gasteiger charge is 2.03. The number of aromatic amines is 1. The van der Waals surface area contributed by atoms with Crippen molar-refractivity contribution in [1.82, 2.24) is 9.97 Å². The summed E-state index contributed by atoms with van der Waals surface area (Å²) in [5.74, 6) is 5.90. The number of nitrogens with zero attached hydrogens (tertiary/aromatic N) is 1. The lowest BCUT2D eigenvalue weighted by Crippen LogP contribution is -1.83. The van der Waals surface area contributed by atoms with E-state index in [-0.39, 0.29) is 5.82 Å². The van der Waals surface area contributed by atoms with Crippen molar-refractivity contribution in [3.63, 3.8) is 0 Å². The maximum absolute atomic E-state index is 13.6. The number of nitrogens with one attached hydrogen (secondary N) is 1. The summed E-state index contributed by atoms with van der Waals surface area (Å²) in [4.78, 5) is 7.35. The van der Waals surface area contributed by atoms with Gasteiger partial charge in [0, 0.05) is 29.2 Å². The second kappa shape index (κ2) is 5.58. The van der Waals surface area contributed by atoms with E-state index in [1.165, 1.54) is 6.07 Å². The summed E-state index contributed by atoms with van der Waals surface area (Å²) in [6, 6.07) is 12.6. The molecule has 0 aliphatic heterocycles. The maximum atomic E-state index is 13.6. The predicted octanol–water partition coefficient (Wildman–Crippen LogP) is 3.69. The molecule has 2 aromatic heterocycles. The summed E-state index contributed by atoms with van der Waals surface area (Å²) in [5.41, 5.74) is 2.60. The molecule has 0 radical (unpaired) electrons. The van der Waals surface area contributed by atoms with E-state index in [4.69, 9.17) is 0 Å². The van der Waals surface area contributed by atoms with Crippen LogP contribution in [0.4, 0.5) is 4.39 Å². The number of pyridine rings is 1. The zero-order valence-electron chi connectivity index (χ0n) is 10.9. The standard InChI is InChI=1S/C17H13FN2/c18-16-9-5-10-17-15(16)12-14(20-17)8-2-1-6-13-7-3-4-11-19-13/h3-5,7,9-12,20H,2,8H2. The highest BCUT2D eigenvalue weighted by Crippen LogP contribution is 2.19. The normalized spacial score (nSPS) is 10.2. The molecule has 3 heteroatoms. The van der Waals surface area contributed by atoms with Crippen molar-refractivity contribution in [1.29, 1.82) is 0 Å². The van der Waals surface area contributed by atoms with Gasteiger partial charge in [0.15, 0.2) is 0 Å². The first kappa shape index (κ1) is 12.4. The lowest BCUT2D eigenvalue weighted by Gasteiger charge is -1.90. The minimum absolute atomic E-state index is 0.190. The van der Waals surface area contributed by atoms with Crippen molar-refractivity contribution in [3.8, 4) is 11.8 Å². The number of H-pyrrole nitrogens is 1. The van der Waals surface area contributed by atoms with E-state index in [9.17, 15) is 4.39 Å². The monoisotopic (exact) mass is 264 g/mol. The third-order valence-corrected chi connectivity index (χ3v) is 3.07. The number of benzene rings is 1. The van der Waals surface area contributed by atoms with E-state index in [2.05, 4.69) is 21.8 Å². The summed E-state index contributed by atoms with van der Waals surface area (Å²) in [6.07, 6.45) is 3.21. The van der Waals surface area contributed by atoms with Crippen LogP contribution in [0, 0.1) is 17.7 Å². The van der Waals surface area contributed by atoms with Crippen LogP contribution in [-0.2, 0) is 6.42 Å². The van der Waals surface area contributed by atoms with Crippen LogP contribution in [0.5, 0.6) is 0 Å². The molecule has 3 rings (SSSR count). The van der Waals surface area contributed by atoms with Crippen molar-refractivity contribution in [3.05, 3.63) is 65.9 Å². The Hall–Kier alpha value is -2.60. The van der Waals surface area contributed by atoms with Gasteiger partial charge in [0.2, 0.25) is 0 Å². The van der Waals surface area contributed by atoms with Gasteiger partial charge >= 0.3 is 0 Å². The number of hydrogen-bond acceptors (Lipinski definition) is 1. The molecule has 1 aromatic carbocycles. The topological polar surface area (TPSA) is 28.7 Å². The summed E-state index contributed by atoms with van der Waals surface area (Å²) in [5, 5.41) is 0.639. The number of hydrogen-bond donors (Lipinski definition) is 1. The second-order valence-corrected chi connectivity index (χ2v) is 4.51. The molecular weight excluding hydrogens is 251 g/mol. The maximum Gasteiger partial charge on any atom is 0.132 e. The van der Waals surface area contributed by atoms with Crippen LogP contribution in [0.1, 0.15) is 17.8 Å². The number of aromatic nitrogens is 2. The minimum Gasteiger partial charge on any atom is -0.358 e. The number of halogens is 1. The average Bonchev–Trinajstić information content (AvgIpc) is 2.89. The summed E-state index contributed by atoms with van der Waals surface area (Å²) < 4.78 is 13.6. The van der Waals surface area contributed by atoms with Crippen LogP contribution in [0.3, 0.4) is 0 Å². The number of fused-ring (bicyclic) bond motifs is 1. The van der Waals surface area contributed by atoms with Gasteiger partial charge in [-0.3, -0.25) is 0 Å². The fraction of sp³-hybridized carbons (Fsp3) is 0.118. The van der Waals surface area contributed by atoms with Crippen LogP contribution in [0.2, 0.25) is 0 Å². The van der Waals surface area contributed by atoms with Gasteiger partial charge < -0.3 is 4.98 Å². The Bertz CT molecular complexity index is 779. The second-order valence-electron chi connectivity index (χ2n) is 4.51. The van der Waals surface area contributed by atoms with Crippen molar-refractivity contribution in [2.75, 3.05) is 0 Å². The Morgan fingerprint density at radius 1 is 1.15 bits per heavy atom.